The molecule has 4 N–H and O–H groups in total. The highest BCUT2D eigenvalue weighted by Gasteiger charge is 2.53. The molecular weight excluding hydrogens is 750 g/mol. The van der Waals surface area contributed by atoms with Crippen molar-refractivity contribution in [1.82, 2.24) is 25.8 Å². The largest absolute Gasteiger partial charge is 0.491 e. The minimum Gasteiger partial charge on any atom is -0.491 e. The number of benzene rings is 1. The molecule has 1 aliphatic heterocycles. The fraction of sp³-hybridized carbons (Fsp3) is 0.667. The number of aliphatic hydroxyl groups is 1. The van der Waals surface area contributed by atoms with Gasteiger partial charge in [-0.15, -0.1) is 11.3 Å². The Hall–Kier alpha value is -3.90. The second kappa shape index (κ2) is 20.0. The number of halogens is 1. The zero-order valence-corrected chi connectivity index (χ0v) is 34.4. The molecule has 2 heterocycles. The number of carbonyl (C=O) groups is 4. The number of nitrogens with zero attached hydrogens (tertiary/aromatic N) is 2. The minimum absolute atomic E-state index is 0.0176. The van der Waals surface area contributed by atoms with Crippen LogP contribution in [0.15, 0.2) is 23.7 Å². The summed E-state index contributed by atoms with van der Waals surface area (Å²) in [6.07, 6.45) is -1.21. The van der Waals surface area contributed by atoms with Crippen LogP contribution in [-0.2, 0) is 39.9 Å². The highest BCUT2D eigenvalue weighted by Crippen LogP contribution is 2.40. The van der Waals surface area contributed by atoms with Crippen LogP contribution in [0, 0.1) is 12.3 Å². The van der Waals surface area contributed by atoms with Gasteiger partial charge in [-0.05, 0) is 57.6 Å². The van der Waals surface area contributed by atoms with Crippen molar-refractivity contribution in [2.24, 2.45) is 5.41 Å². The predicted octanol–water partition coefficient (Wildman–Crippen LogP) is 3.68. The number of hydrogen-bond acceptors (Lipinski definition) is 12. The smallest absolute Gasteiger partial charge is 0.407 e. The Kier molecular flexibility index (Phi) is 16.0. The number of thiazole rings is 1. The summed E-state index contributed by atoms with van der Waals surface area (Å²) in [5, 5.41) is 18.6. The quantitative estimate of drug-likeness (QED) is 0.143. The van der Waals surface area contributed by atoms with Gasteiger partial charge in [-0.3, -0.25) is 14.4 Å². The normalized spacial score (nSPS) is 18.3. The van der Waals surface area contributed by atoms with Gasteiger partial charge in [0.25, 0.3) is 5.91 Å². The van der Waals surface area contributed by atoms with Crippen LogP contribution in [0.4, 0.5) is 9.18 Å². The molecule has 4 amide bonds. The molecule has 1 aromatic carbocycles. The molecule has 1 aromatic heterocycles. The van der Waals surface area contributed by atoms with Crippen molar-refractivity contribution in [2.45, 2.75) is 104 Å². The molecule has 3 atom stereocenters. The number of aryl methyl sites for hydroxylation is 1. The third kappa shape index (κ3) is 13.6. The SMILES string of the molecule is Cc1ncsc1-c1ccc(CNC(=O)[C@@H]2C[C@@H](O)CN2C(=O)[C@@H](NC(=O)C2(F)CC2)C(C)(C)C)c(OCCOCCOCCOCCNC(=O)OC(C)(C)C)c1. The van der Waals surface area contributed by atoms with Crippen LogP contribution in [0.1, 0.15) is 72.1 Å². The maximum absolute atomic E-state index is 14.5. The van der Waals surface area contributed by atoms with Gasteiger partial charge in [-0.25, -0.2) is 14.2 Å². The number of hydrogen-bond donors (Lipinski definition) is 4. The van der Waals surface area contributed by atoms with Crippen molar-refractivity contribution in [3.63, 3.8) is 0 Å². The molecule has 56 heavy (non-hydrogen) atoms. The first-order chi connectivity index (χ1) is 26.4. The highest BCUT2D eigenvalue weighted by atomic mass is 32.1. The molecule has 2 aliphatic rings. The average Bonchev–Trinajstić information content (AvgIpc) is 3.52. The predicted molar refractivity (Wildman–Crippen MR) is 207 cm³/mol. The highest BCUT2D eigenvalue weighted by molar-refractivity contribution is 7.13. The summed E-state index contributed by atoms with van der Waals surface area (Å²) in [5.74, 6) is -1.33. The van der Waals surface area contributed by atoms with Gasteiger partial charge in [0, 0.05) is 31.6 Å². The summed E-state index contributed by atoms with van der Waals surface area (Å²) in [5.41, 5.74) is 0.918. The number of β-amino-alcohol motifs (C(OH)–C–C–N with tert-alkyl or cyclic N) is 1. The number of ether oxygens (including phenoxy) is 5. The summed E-state index contributed by atoms with van der Waals surface area (Å²) in [6.45, 7) is 15.1. The van der Waals surface area contributed by atoms with Crippen LogP contribution in [-0.4, -0.2) is 128 Å². The molecule has 1 saturated carbocycles. The first kappa shape index (κ1) is 44.8. The third-order valence-electron chi connectivity index (χ3n) is 9.02. The van der Waals surface area contributed by atoms with E-state index in [-0.39, 0.29) is 45.6 Å². The van der Waals surface area contributed by atoms with E-state index in [9.17, 15) is 28.7 Å². The van der Waals surface area contributed by atoms with Gasteiger partial charge >= 0.3 is 6.09 Å². The van der Waals surface area contributed by atoms with E-state index < -0.39 is 58.7 Å². The number of amides is 4. The number of likely N-dealkylation sites (tertiary alicyclic amines) is 1. The van der Waals surface area contributed by atoms with E-state index in [1.54, 1.807) is 47.1 Å². The van der Waals surface area contributed by atoms with Gasteiger partial charge in [-0.2, -0.15) is 0 Å². The van der Waals surface area contributed by atoms with Crippen molar-refractivity contribution < 1.29 is 52.4 Å². The molecular formula is C39H58FN5O10S. The average molecular weight is 808 g/mol. The van der Waals surface area contributed by atoms with Crippen LogP contribution in [0.2, 0.25) is 0 Å². The first-order valence-corrected chi connectivity index (χ1v) is 19.9. The Morgan fingerprint density at radius 2 is 1.62 bits per heavy atom. The van der Waals surface area contributed by atoms with Crippen LogP contribution in [0.5, 0.6) is 5.75 Å². The van der Waals surface area contributed by atoms with Gasteiger partial charge < -0.3 is 49.6 Å². The van der Waals surface area contributed by atoms with Crippen LogP contribution in [0.25, 0.3) is 10.4 Å². The molecule has 1 saturated heterocycles. The van der Waals surface area contributed by atoms with E-state index in [4.69, 9.17) is 23.7 Å². The standard InChI is InChI=1S/C39H58FN5O10S/c1-25-31(56-24-43-25)26-8-9-27(30(20-26)54-19-18-53-17-16-52-15-14-51-13-12-41-36(50)55-38(5,6)7)22-42-33(47)29-21-28(46)23-45(29)34(48)32(37(2,3)4)44-35(49)39(40)10-11-39/h8-9,20,24,28-29,32,46H,10-19,21-23H2,1-7H3,(H,41,50)(H,42,47)(H,44,49)/t28-,29+,32-/m1/s1. The number of alkyl halides is 1. The molecule has 1 aliphatic carbocycles. The minimum atomic E-state index is -1.97. The van der Waals surface area contributed by atoms with Gasteiger partial charge in [0.2, 0.25) is 11.8 Å². The lowest BCUT2D eigenvalue weighted by Crippen LogP contribution is -2.59. The van der Waals surface area contributed by atoms with E-state index in [1.807, 2.05) is 25.1 Å². The zero-order valence-electron chi connectivity index (χ0n) is 33.5. The lowest BCUT2D eigenvalue weighted by atomic mass is 9.85. The van der Waals surface area contributed by atoms with Crippen molar-refractivity contribution in [3.8, 4) is 16.2 Å². The lowest BCUT2D eigenvalue weighted by molar-refractivity contribution is -0.145. The fourth-order valence-electron chi connectivity index (χ4n) is 5.86. The first-order valence-electron chi connectivity index (χ1n) is 19.0. The zero-order chi connectivity index (χ0) is 41.1. The fourth-order valence-corrected chi connectivity index (χ4v) is 6.67. The van der Waals surface area contributed by atoms with Gasteiger partial charge in [0.1, 0.15) is 30.0 Å². The molecule has 17 heteroatoms. The molecule has 0 unspecified atom stereocenters. The molecule has 0 bridgehead atoms. The number of rotatable bonds is 20. The monoisotopic (exact) mass is 807 g/mol. The topological polar surface area (TPSA) is 187 Å². The maximum atomic E-state index is 14.5. The Morgan fingerprint density at radius 1 is 0.982 bits per heavy atom. The Morgan fingerprint density at radius 3 is 2.21 bits per heavy atom. The molecule has 15 nitrogen and oxygen atoms in total. The number of nitrogens with one attached hydrogen (secondary N) is 3. The second-order valence-corrected chi connectivity index (χ2v) is 16.9. The third-order valence-corrected chi connectivity index (χ3v) is 10.00. The number of aromatic nitrogens is 1. The van der Waals surface area contributed by atoms with Gasteiger partial charge in [0.15, 0.2) is 5.67 Å². The van der Waals surface area contributed by atoms with E-state index in [1.165, 1.54) is 16.2 Å². The number of carbonyl (C=O) groups excluding carboxylic acids is 4. The number of alkyl carbamates (subject to hydrolysis) is 1. The van der Waals surface area contributed by atoms with Crippen molar-refractivity contribution in [2.75, 3.05) is 59.3 Å². The Labute approximate surface area is 332 Å². The van der Waals surface area contributed by atoms with Crippen molar-refractivity contribution in [3.05, 3.63) is 35.0 Å². The molecule has 2 aromatic rings. The molecule has 0 spiro atoms. The summed E-state index contributed by atoms with van der Waals surface area (Å²) >= 11 is 1.50. The van der Waals surface area contributed by atoms with E-state index in [0.29, 0.717) is 50.9 Å². The molecule has 2 fully saturated rings. The van der Waals surface area contributed by atoms with Gasteiger partial charge in [-0.1, -0.05) is 32.9 Å². The van der Waals surface area contributed by atoms with E-state index in [0.717, 1.165) is 16.1 Å². The van der Waals surface area contributed by atoms with Crippen molar-refractivity contribution >= 4 is 35.2 Å². The van der Waals surface area contributed by atoms with Crippen LogP contribution in [0.3, 0.4) is 0 Å². The summed E-state index contributed by atoms with van der Waals surface area (Å²) < 4.78 is 42.6. The lowest BCUT2D eigenvalue weighted by Gasteiger charge is -2.35. The van der Waals surface area contributed by atoms with Gasteiger partial charge in [0.05, 0.1) is 61.8 Å². The Bertz CT molecular complexity index is 1640. The van der Waals surface area contributed by atoms with Crippen LogP contribution < -0.4 is 20.7 Å². The maximum Gasteiger partial charge on any atom is 0.407 e. The van der Waals surface area contributed by atoms with Crippen molar-refractivity contribution in [1.29, 1.82) is 0 Å². The summed E-state index contributed by atoms with van der Waals surface area (Å²) in [7, 11) is 0. The number of aliphatic hydroxyl groups excluding tert-OH is 1. The van der Waals surface area contributed by atoms with E-state index in [2.05, 4.69) is 20.9 Å². The Balaban J connectivity index is 1.26. The summed E-state index contributed by atoms with van der Waals surface area (Å²) in [6, 6.07) is 3.58. The van der Waals surface area contributed by atoms with E-state index >= 15 is 0 Å². The molecule has 312 valence electrons. The second-order valence-electron chi connectivity index (χ2n) is 16.1. The molecule has 0 radical (unpaired) electrons. The van der Waals surface area contributed by atoms with Crippen LogP contribution >= 0.6 is 11.3 Å². The molecule has 4 rings (SSSR count). The summed E-state index contributed by atoms with van der Waals surface area (Å²) in [4.78, 5) is 58.3.